The molecule has 0 radical (unpaired) electrons. The Balaban J connectivity index is 3.38. The Kier molecular flexibility index (Phi) is 4.69. The summed E-state index contributed by atoms with van der Waals surface area (Å²) in [7, 11) is 2.09. The Morgan fingerprint density at radius 2 is 1.82 bits per heavy atom. The molecule has 0 aromatic carbocycles. The summed E-state index contributed by atoms with van der Waals surface area (Å²) in [5.41, 5.74) is -0.512. The van der Waals surface area contributed by atoms with Crippen LogP contribution in [0.4, 0.5) is 0 Å². The van der Waals surface area contributed by atoms with Crippen molar-refractivity contribution < 1.29 is 5.11 Å². The molecule has 2 nitrogen and oxygen atoms in total. The van der Waals surface area contributed by atoms with Crippen LogP contribution in [0.2, 0.25) is 0 Å². The van der Waals surface area contributed by atoms with E-state index in [2.05, 4.69) is 18.9 Å². The normalized spacial score (nSPS) is 12.5. The van der Waals surface area contributed by atoms with Gasteiger partial charge in [0.2, 0.25) is 0 Å². The highest BCUT2D eigenvalue weighted by Crippen LogP contribution is 2.07. The molecular weight excluding hydrogens is 138 g/mol. The summed E-state index contributed by atoms with van der Waals surface area (Å²) in [6, 6.07) is 0. The highest BCUT2D eigenvalue weighted by molar-refractivity contribution is 4.66. The summed E-state index contributed by atoms with van der Waals surface area (Å²) in [6.45, 7) is 7.98. The van der Waals surface area contributed by atoms with Gasteiger partial charge < -0.3 is 10.0 Å². The van der Waals surface area contributed by atoms with Crippen LogP contribution in [0, 0.1) is 0 Å². The zero-order valence-corrected chi connectivity index (χ0v) is 8.22. The molecule has 0 saturated heterocycles. The highest BCUT2D eigenvalue weighted by atomic mass is 16.3. The van der Waals surface area contributed by atoms with E-state index in [1.54, 1.807) is 0 Å². The molecule has 0 unspecified atom stereocenters. The molecule has 0 aliphatic carbocycles. The van der Waals surface area contributed by atoms with E-state index < -0.39 is 5.60 Å². The van der Waals surface area contributed by atoms with Gasteiger partial charge in [0.1, 0.15) is 0 Å². The van der Waals surface area contributed by atoms with Crippen molar-refractivity contribution >= 4 is 0 Å². The maximum Gasteiger partial charge on any atom is 0.0603 e. The summed E-state index contributed by atoms with van der Waals surface area (Å²) in [4.78, 5) is 2.25. The van der Waals surface area contributed by atoms with Crippen LogP contribution in [0.3, 0.4) is 0 Å². The fourth-order valence-electron chi connectivity index (χ4n) is 0.958. The molecule has 0 rings (SSSR count). The van der Waals surface area contributed by atoms with E-state index in [1.807, 2.05) is 13.8 Å². The Labute approximate surface area is 70.2 Å². The number of rotatable bonds is 5. The van der Waals surface area contributed by atoms with Gasteiger partial charge in [-0.3, -0.25) is 0 Å². The van der Waals surface area contributed by atoms with Crippen molar-refractivity contribution in [3.05, 3.63) is 0 Å². The van der Waals surface area contributed by atoms with Crippen LogP contribution in [0.1, 0.15) is 33.6 Å². The molecule has 0 amide bonds. The molecule has 0 bridgehead atoms. The van der Waals surface area contributed by atoms with Crippen LogP contribution in [-0.4, -0.2) is 35.7 Å². The van der Waals surface area contributed by atoms with Gasteiger partial charge in [-0.15, -0.1) is 0 Å². The third-order valence-electron chi connectivity index (χ3n) is 1.71. The van der Waals surface area contributed by atoms with Crippen molar-refractivity contribution in [3.8, 4) is 0 Å². The standard InChI is InChI=1S/C9H21NO/c1-5-7-10(4)8-6-9(2,3)11/h11H,5-8H2,1-4H3. The zero-order chi connectivity index (χ0) is 8.91. The van der Waals surface area contributed by atoms with Crippen LogP contribution in [0.25, 0.3) is 0 Å². The summed E-state index contributed by atoms with van der Waals surface area (Å²) in [6.07, 6.45) is 2.03. The van der Waals surface area contributed by atoms with Crippen molar-refractivity contribution in [1.82, 2.24) is 4.90 Å². The molecular formula is C9H21NO. The van der Waals surface area contributed by atoms with Gasteiger partial charge in [-0.2, -0.15) is 0 Å². The smallest absolute Gasteiger partial charge is 0.0603 e. The Bertz CT molecular complexity index is 96.2. The first-order chi connectivity index (χ1) is 4.95. The summed E-state index contributed by atoms with van der Waals surface area (Å²) in [5.74, 6) is 0. The molecule has 1 N–H and O–H groups in total. The predicted molar refractivity (Wildman–Crippen MR) is 48.7 cm³/mol. The lowest BCUT2D eigenvalue weighted by molar-refractivity contribution is 0.0607. The molecule has 0 heterocycles. The van der Waals surface area contributed by atoms with Crippen LogP contribution in [-0.2, 0) is 0 Å². The van der Waals surface area contributed by atoms with Crippen molar-refractivity contribution in [1.29, 1.82) is 0 Å². The first-order valence-corrected chi connectivity index (χ1v) is 4.36. The van der Waals surface area contributed by atoms with E-state index in [1.165, 1.54) is 6.42 Å². The van der Waals surface area contributed by atoms with Crippen molar-refractivity contribution in [2.45, 2.75) is 39.2 Å². The molecule has 0 fully saturated rings. The first-order valence-electron chi connectivity index (χ1n) is 4.36. The maximum absolute atomic E-state index is 9.41. The summed E-state index contributed by atoms with van der Waals surface area (Å²) < 4.78 is 0. The molecule has 11 heavy (non-hydrogen) atoms. The van der Waals surface area contributed by atoms with Gasteiger partial charge in [-0.25, -0.2) is 0 Å². The molecule has 0 spiro atoms. The van der Waals surface area contributed by atoms with Gasteiger partial charge in [-0.1, -0.05) is 6.92 Å². The second-order valence-electron chi connectivity index (χ2n) is 3.87. The molecule has 2 heteroatoms. The SMILES string of the molecule is CCCN(C)CCC(C)(C)O. The molecule has 0 atom stereocenters. The van der Waals surface area contributed by atoms with Gasteiger partial charge >= 0.3 is 0 Å². The highest BCUT2D eigenvalue weighted by Gasteiger charge is 2.12. The Hall–Kier alpha value is -0.0800. The van der Waals surface area contributed by atoms with Gasteiger partial charge in [0, 0.05) is 6.54 Å². The quantitative estimate of drug-likeness (QED) is 0.657. The van der Waals surface area contributed by atoms with E-state index in [9.17, 15) is 5.11 Å². The molecule has 0 aliphatic heterocycles. The molecule has 0 aromatic rings. The number of hydrogen-bond donors (Lipinski definition) is 1. The number of hydrogen-bond acceptors (Lipinski definition) is 2. The minimum absolute atomic E-state index is 0.512. The van der Waals surface area contributed by atoms with Crippen molar-refractivity contribution in [3.63, 3.8) is 0 Å². The number of nitrogens with zero attached hydrogens (tertiary/aromatic N) is 1. The van der Waals surface area contributed by atoms with Gasteiger partial charge in [0.15, 0.2) is 0 Å². The lowest BCUT2D eigenvalue weighted by atomic mass is 10.1. The van der Waals surface area contributed by atoms with Crippen molar-refractivity contribution in [2.24, 2.45) is 0 Å². The average molecular weight is 159 g/mol. The third-order valence-corrected chi connectivity index (χ3v) is 1.71. The van der Waals surface area contributed by atoms with Gasteiger partial charge in [0.25, 0.3) is 0 Å². The minimum Gasteiger partial charge on any atom is -0.390 e. The van der Waals surface area contributed by atoms with E-state index >= 15 is 0 Å². The summed E-state index contributed by atoms with van der Waals surface area (Å²) in [5, 5.41) is 9.41. The Morgan fingerprint density at radius 1 is 1.27 bits per heavy atom. The van der Waals surface area contributed by atoms with E-state index in [4.69, 9.17) is 0 Å². The summed E-state index contributed by atoms with van der Waals surface area (Å²) >= 11 is 0. The Morgan fingerprint density at radius 3 is 2.18 bits per heavy atom. The molecule has 68 valence electrons. The molecule has 0 aliphatic rings. The average Bonchev–Trinajstić information content (AvgIpc) is 1.83. The second kappa shape index (κ2) is 4.73. The zero-order valence-electron chi connectivity index (χ0n) is 8.22. The maximum atomic E-state index is 9.41. The fourth-order valence-corrected chi connectivity index (χ4v) is 0.958. The monoisotopic (exact) mass is 159 g/mol. The van der Waals surface area contributed by atoms with Crippen LogP contribution in [0.5, 0.6) is 0 Å². The lowest BCUT2D eigenvalue weighted by Crippen LogP contribution is -2.28. The van der Waals surface area contributed by atoms with E-state index in [0.717, 1.165) is 19.5 Å². The van der Waals surface area contributed by atoms with Gasteiger partial charge in [0.05, 0.1) is 5.60 Å². The van der Waals surface area contributed by atoms with Crippen LogP contribution >= 0.6 is 0 Å². The van der Waals surface area contributed by atoms with E-state index in [-0.39, 0.29) is 0 Å². The minimum atomic E-state index is -0.512. The fraction of sp³-hybridized carbons (Fsp3) is 1.00. The largest absolute Gasteiger partial charge is 0.390 e. The number of aliphatic hydroxyl groups is 1. The third kappa shape index (κ3) is 7.82. The van der Waals surface area contributed by atoms with Crippen molar-refractivity contribution in [2.75, 3.05) is 20.1 Å². The lowest BCUT2D eigenvalue weighted by Gasteiger charge is -2.21. The topological polar surface area (TPSA) is 23.5 Å². The van der Waals surface area contributed by atoms with Crippen LogP contribution < -0.4 is 0 Å². The van der Waals surface area contributed by atoms with Gasteiger partial charge in [-0.05, 0) is 40.3 Å². The predicted octanol–water partition coefficient (Wildman–Crippen LogP) is 1.49. The molecule has 0 saturated carbocycles. The van der Waals surface area contributed by atoms with Crippen LogP contribution in [0.15, 0.2) is 0 Å². The van der Waals surface area contributed by atoms with E-state index in [0.29, 0.717) is 0 Å². The second-order valence-corrected chi connectivity index (χ2v) is 3.87. The first kappa shape index (κ1) is 10.9. The molecule has 0 aromatic heterocycles.